The third-order valence-electron chi connectivity index (χ3n) is 2.64. The maximum atomic E-state index is 13.7. The molecule has 0 aliphatic carbocycles. The molecule has 0 bridgehead atoms. The minimum Gasteiger partial charge on any atom is -0.480 e. The number of hydrogen-bond acceptors (Lipinski definition) is 4. The number of rotatable bonds is 6. The molecule has 20 heavy (non-hydrogen) atoms. The van der Waals surface area contributed by atoms with Crippen molar-refractivity contribution in [1.29, 1.82) is 0 Å². The first-order valence-corrected chi connectivity index (χ1v) is 6.99. The van der Waals surface area contributed by atoms with E-state index < -0.39 is 32.7 Å². The Balaban J connectivity index is 3.03. The van der Waals surface area contributed by atoms with E-state index in [2.05, 4.69) is 6.58 Å². The van der Waals surface area contributed by atoms with Crippen LogP contribution in [-0.2, 0) is 26.3 Å². The topological polar surface area (TPSA) is 97.5 Å². The molecule has 0 radical (unpaired) electrons. The van der Waals surface area contributed by atoms with Crippen molar-refractivity contribution in [1.82, 2.24) is 0 Å². The Labute approximate surface area is 114 Å². The van der Waals surface area contributed by atoms with Gasteiger partial charge in [-0.15, -0.1) is 0 Å². The standard InChI is InChI=1S/C12H13F2NO4S/c1-2-20(18,19)12(13,14)9-5-3-8(4-6-9)7-10(15)11(16)17/h2-6,10H,1,7,15H2,(H,16,17). The largest absolute Gasteiger partial charge is 0.480 e. The Morgan fingerprint density at radius 2 is 1.90 bits per heavy atom. The zero-order chi connectivity index (χ0) is 15.6. The van der Waals surface area contributed by atoms with Crippen molar-refractivity contribution in [2.75, 3.05) is 0 Å². The minimum absolute atomic E-state index is 0.0462. The first-order valence-electron chi connectivity index (χ1n) is 5.44. The molecule has 1 rings (SSSR count). The number of hydrogen-bond donors (Lipinski definition) is 2. The zero-order valence-electron chi connectivity index (χ0n) is 10.3. The maximum absolute atomic E-state index is 13.7. The van der Waals surface area contributed by atoms with E-state index in [0.717, 1.165) is 12.1 Å². The molecule has 1 atom stereocenters. The number of halogens is 2. The average Bonchev–Trinajstić information content (AvgIpc) is 2.38. The van der Waals surface area contributed by atoms with Gasteiger partial charge in [-0.2, -0.15) is 8.78 Å². The fourth-order valence-electron chi connectivity index (χ4n) is 1.45. The van der Waals surface area contributed by atoms with E-state index in [1.165, 1.54) is 12.1 Å². The van der Waals surface area contributed by atoms with Crippen molar-refractivity contribution in [3.05, 3.63) is 47.4 Å². The van der Waals surface area contributed by atoms with Crippen molar-refractivity contribution < 1.29 is 27.1 Å². The molecule has 0 fully saturated rings. The fourth-order valence-corrected chi connectivity index (χ4v) is 2.12. The lowest BCUT2D eigenvalue weighted by atomic mass is 10.0. The molecule has 1 aromatic rings. The molecule has 110 valence electrons. The Morgan fingerprint density at radius 3 is 2.30 bits per heavy atom. The Bertz CT molecular complexity index is 611. The predicted molar refractivity (Wildman–Crippen MR) is 68.8 cm³/mol. The smallest absolute Gasteiger partial charge is 0.374 e. The second-order valence-corrected chi connectivity index (χ2v) is 6.01. The van der Waals surface area contributed by atoms with Gasteiger partial charge in [-0.25, -0.2) is 8.42 Å². The number of sulfone groups is 1. The molecule has 8 heteroatoms. The van der Waals surface area contributed by atoms with Crippen molar-refractivity contribution in [2.45, 2.75) is 17.7 Å². The van der Waals surface area contributed by atoms with E-state index in [4.69, 9.17) is 10.8 Å². The van der Waals surface area contributed by atoms with Crippen LogP contribution in [-0.4, -0.2) is 25.5 Å². The molecule has 0 aliphatic heterocycles. The summed E-state index contributed by atoms with van der Waals surface area (Å²) >= 11 is 0. The lowest BCUT2D eigenvalue weighted by Crippen LogP contribution is -2.32. The van der Waals surface area contributed by atoms with Crippen LogP contribution in [0.25, 0.3) is 0 Å². The average molecular weight is 305 g/mol. The summed E-state index contributed by atoms with van der Waals surface area (Å²) in [7, 11) is -4.79. The number of alkyl halides is 2. The highest BCUT2D eigenvalue weighted by molar-refractivity contribution is 7.94. The number of carboxylic acids is 1. The van der Waals surface area contributed by atoms with Crippen LogP contribution in [0.5, 0.6) is 0 Å². The van der Waals surface area contributed by atoms with Crippen molar-refractivity contribution in [2.24, 2.45) is 5.73 Å². The predicted octanol–water partition coefficient (Wildman–Crippen LogP) is 1.25. The Hall–Kier alpha value is -1.80. The fraction of sp³-hybridized carbons (Fsp3) is 0.250. The van der Waals surface area contributed by atoms with Gasteiger partial charge in [0.15, 0.2) is 0 Å². The molecule has 0 saturated heterocycles. The first-order chi connectivity index (χ1) is 9.11. The van der Waals surface area contributed by atoms with Crippen LogP contribution in [0.2, 0.25) is 0 Å². The first kappa shape index (κ1) is 16.3. The highest BCUT2D eigenvalue weighted by Gasteiger charge is 2.44. The van der Waals surface area contributed by atoms with E-state index in [9.17, 15) is 22.0 Å². The molecular formula is C12H13F2NO4S. The van der Waals surface area contributed by atoms with Gasteiger partial charge >= 0.3 is 11.2 Å². The van der Waals surface area contributed by atoms with Gasteiger partial charge in [0.05, 0.1) is 0 Å². The van der Waals surface area contributed by atoms with Crippen LogP contribution < -0.4 is 5.73 Å². The SMILES string of the molecule is C=CS(=O)(=O)C(F)(F)c1ccc(CC(N)C(=O)O)cc1. The van der Waals surface area contributed by atoms with E-state index in [1.807, 2.05) is 0 Å². The van der Waals surface area contributed by atoms with Gasteiger partial charge in [0.2, 0.25) is 9.84 Å². The summed E-state index contributed by atoms with van der Waals surface area (Å²) in [5.41, 5.74) is 5.00. The maximum Gasteiger partial charge on any atom is 0.374 e. The van der Waals surface area contributed by atoms with Crippen LogP contribution in [0.4, 0.5) is 8.78 Å². The molecule has 0 spiro atoms. The van der Waals surface area contributed by atoms with Gasteiger partial charge < -0.3 is 10.8 Å². The molecular weight excluding hydrogens is 292 g/mol. The van der Waals surface area contributed by atoms with Gasteiger partial charge in [-0.3, -0.25) is 4.79 Å². The second-order valence-electron chi connectivity index (χ2n) is 4.07. The number of nitrogens with two attached hydrogens (primary N) is 1. The highest BCUT2D eigenvalue weighted by Crippen LogP contribution is 2.35. The van der Waals surface area contributed by atoms with E-state index in [1.54, 1.807) is 0 Å². The van der Waals surface area contributed by atoms with E-state index in [0.29, 0.717) is 5.56 Å². The van der Waals surface area contributed by atoms with E-state index >= 15 is 0 Å². The van der Waals surface area contributed by atoms with Crippen molar-refractivity contribution in [3.63, 3.8) is 0 Å². The molecule has 0 saturated carbocycles. The van der Waals surface area contributed by atoms with Crippen molar-refractivity contribution >= 4 is 15.8 Å². The molecule has 0 amide bonds. The van der Waals surface area contributed by atoms with Gasteiger partial charge in [-0.1, -0.05) is 30.8 Å². The number of benzene rings is 1. The Morgan fingerprint density at radius 1 is 1.40 bits per heavy atom. The summed E-state index contributed by atoms with van der Waals surface area (Å²) in [6.07, 6.45) is -0.0462. The summed E-state index contributed by atoms with van der Waals surface area (Å²) in [6, 6.07) is 3.11. The highest BCUT2D eigenvalue weighted by atomic mass is 32.2. The van der Waals surface area contributed by atoms with Crippen LogP contribution in [0, 0.1) is 0 Å². The quantitative estimate of drug-likeness (QED) is 0.824. The normalized spacial score (nSPS) is 13.8. The van der Waals surface area contributed by atoms with E-state index in [-0.39, 0.29) is 11.8 Å². The summed E-state index contributed by atoms with van der Waals surface area (Å²) in [4.78, 5) is 10.6. The number of carboxylic acid groups (broad SMARTS) is 1. The number of carbonyl (C=O) groups is 1. The summed E-state index contributed by atoms with van der Waals surface area (Å²) < 4.78 is 49.8. The molecule has 3 N–H and O–H groups in total. The molecule has 5 nitrogen and oxygen atoms in total. The van der Waals surface area contributed by atoms with Crippen LogP contribution in [0.15, 0.2) is 36.3 Å². The number of aliphatic carboxylic acids is 1. The zero-order valence-corrected chi connectivity index (χ0v) is 11.1. The summed E-state index contributed by atoms with van der Waals surface area (Å²) in [6.45, 7) is 2.85. The lowest BCUT2D eigenvalue weighted by molar-refractivity contribution is -0.138. The van der Waals surface area contributed by atoms with Gasteiger partial charge in [0.1, 0.15) is 6.04 Å². The van der Waals surface area contributed by atoms with Crippen molar-refractivity contribution in [3.8, 4) is 0 Å². The Kier molecular flexibility index (Phi) is 4.61. The van der Waals surface area contributed by atoms with Gasteiger partial charge in [0.25, 0.3) is 0 Å². The summed E-state index contributed by atoms with van der Waals surface area (Å²) in [5.74, 6) is -1.21. The van der Waals surface area contributed by atoms with Crippen LogP contribution >= 0.6 is 0 Å². The minimum atomic E-state index is -4.79. The van der Waals surface area contributed by atoms with Crippen LogP contribution in [0.3, 0.4) is 0 Å². The third-order valence-corrected chi connectivity index (χ3v) is 4.03. The molecule has 1 unspecified atom stereocenters. The molecule has 1 aromatic carbocycles. The van der Waals surface area contributed by atoms with Crippen LogP contribution in [0.1, 0.15) is 11.1 Å². The third kappa shape index (κ3) is 3.20. The summed E-state index contributed by atoms with van der Waals surface area (Å²) in [5, 5.41) is 4.74. The van der Waals surface area contributed by atoms with Gasteiger partial charge in [0, 0.05) is 11.0 Å². The van der Waals surface area contributed by atoms with Gasteiger partial charge in [-0.05, 0) is 12.0 Å². The second kappa shape index (κ2) is 5.68. The molecule has 0 heterocycles. The lowest BCUT2D eigenvalue weighted by Gasteiger charge is -2.15. The monoisotopic (exact) mass is 305 g/mol. The molecule has 0 aromatic heterocycles. The molecule has 0 aliphatic rings.